The van der Waals surface area contributed by atoms with E-state index in [1.807, 2.05) is 19.1 Å². The van der Waals surface area contributed by atoms with Crippen molar-refractivity contribution in [1.82, 2.24) is 4.90 Å². The smallest absolute Gasteiger partial charge is 0.214 e. The number of nitrogens with zero attached hydrogens (tertiary/aromatic N) is 2. The fourth-order valence-electron chi connectivity index (χ4n) is 2.68. The summed E-state index contributed by atoms with van der Waals surface area (Å²) in [4.78, 5) is 1.73. The fourth-order valence-corrected chi connectivity index (χ4v) is 2.68. The predicted octanol–water partition coefficient (Wildman–Crippen LogP) is 0.345. The molecule has 0 bridgehead atoms. The lowest BCUT2D eigenvalue weighted by atomic mass is 9.90. The summed E-state index contributed by atoms with van der Waals surface area (Å²) in [5.41, 5.74) is 0.864. The van der Waals surface area contributed by atoms with Gasteiger partial charge < -0.3 is 19.5 Å². The third kappa shape index (κ3) is 1.35. The van der Waals surface area contributed by atoms with Crippen molar-refractivity contribution < 1.29 is 14.6 Å². The zero-order valence-electron chi connectivity index (χ0n) is 9.54. The van der Waals surface area contributed by atoms with E-state index in [1.54, 1.807) is 11.1 Å². The van der Waals surface area contributed by atoms with E-state index in [0.29, 0.717) is 13.2 Å². The molecule has 5 nitrogen and oxygen atoms in total. The van der Waals surface area contributed by atoms with Gasteiger partial charge in [0.1, 0.15) is 18.2 Å². The molecule has 0 aromatic heterocycles. The van der Waals surface area contributed by atoms with Crippen LogP contribution in [-0.4, -0.2) is 41.3 Å². The van der Waals surface area contributed by atoms with Crippen molar-refractivity contribution >= 4 is 0 Å². The number of rotatable bonds is 0. The van der Waals surface area contributed by atoms with Crippen LogP contribution in [0.3, 0.4) is 0 Å². The molecule has 5 heteroatoms. The molecular formula is C12H14N2O3. The van der Waals surface area contributed by atoms with Crippen molar-refractivity contribution in [3.8, 4) is 6.07 Å². The largest absolute Gasteiger partial charge is 0.372 e. The van der Waals surface area contributed by atoms with Crippen LogP contribution in [0.25, 0.3) is 0 Å². The summed E-state index contributed by atoms with van der Waals surface area (Å²) >= 11 is 0. The third-order valence-electron chi connectivity index (χ3n) is 3.61. The van der Waals surface area contributed by atoms with Gasteiger partial charge in [-0.2, -0.15) is 5.26 Å². The van der Waals surface area contributed by atoms with E-state index in [-0.39, 0.29) is 6.04 Å². The van der Waals surface area contributed by atoms with Gasteiger partial charge in [0.2, 0.25) is 5.79 Å². The summed E-state index contributed by atoms with van der Waals surface area (Å²) in [6.45, 7) is 2.97. The Kier molecular flexibility index (Phi) is 2.26. The molecule has 0 aliphatic carbocycles. The summed E-state index contributed by atoms with van der Waals surface area (Å²) in [5, 5.41) is 19.2. The average molecular weight is 234 g/mol. The minimum absolute atomic E-state index is 0.176. The maximum Gasteiger partial charge on any atom is 0.214 e. The summed E-state index contributed by atoms with van der Waals surface area (Å²) in [6, 6.07) is 1.94. The number of aliphatic hydroxyl groups excluding tert-OH is 1. The number of hydrogen-bond donors (Lipinski definition) is 1. The van der Waals surface area contributed by atoms with Crippen molar-refractivity contribution in [3.63, 3.8) is 0 Å². The first-order valence-electron chi connectivity index (χ1n) is 5.69. The molecule has 3 heterocycles. The number of aliphatic hydroxyl groups is 1. The molecule has 3 atom stereocenters. The van der Waals surface area contributed by atoms with Gasteiger partial charge in [0.25, 0.3) is 0 Å². The molecular weight excluding hydrogens is 220 g/mol. The molecule has 1 spiro atoms. The van der Waals surface area contributed by atoms with Crippen molar-refractivity contribution in [1.29, 1.82) is 5.26 Å². The zero-order valence-corrected chi connectivity index (χ0v) is 9.54. The van der Waals surface area contributed by atoms with Crippen LogP contribution in [0.5, 0.6) is 0 Å². The quantitative estimate of drug-likeness (QED) is 0.612. The van der Waals surface area contributed by atoms with Gasteiger partial charge in [-0.25, -0.2) is 0 Å². The van der Waals surface area contributed by atoms with E-state index >= 15 is 0 Å². The molecule has 3 aliphatic rings. The van der Waals surface area contributed by atoms with Gasteiger partial charge in [-0.1, -0.05) is 11.6 Å². The van der Waals surface area contributed by atoms with Crippen LogP contribution in [0.15, 0.2) is 23.9 Å². The van der Waals surface area contributed by atoms with Crippen LogP contribution >= 0.6 is 0 Å². The Morgan fingerprint density at radius 1 is 1.53 bits per heavy atom. The molecule has 0 amide bonds. The Hall–Kier alpha value is -1.35. The maximum atomic E-state index is 10.2. The fraction of sp³-hybridized carbons (Fsp3) is 0.583. The molecule has 0 unspecified atom stereocenters. The van der Waals surface area contributed by atoms with Gasteiger partial charge in [-0.05, 0) is 13.0 Å². The molecule has 17 heavy (non-hydrogen) atoms. The normalized spacial score (nSPS) is 38.1. The molecule has 3 aliphatic heterocycles. The first-order valence-corrected chi connectivity index (χ1v) is 5.69. The maximum absolute atomic E-state index is 10.2. The van der Waals surface area contributed by atoms with Gasteiger partial charge in [-0.3, -0.25) is 0 Å². The number of nitriles is 1. The lowest BCUT2D eigenvalue weighted by Gasteiger charge is -2.40. The monoisotopic (exact) mass is 234 g/mol. The highest BCUT2D eigenvalue weighted by Gasteiger charge is 2.52. The SMILES string of the molecule is CC1=C[C@@H]2N(C=CC23OCCO3)[C@H](O)[C@@H]1C#N. The van der Waals surface area contributed by atoms with Crippen molar-refractivity contribution in [2.45, 2.75) is 25.0 Å². The Morgan fingerprint density at radius 2 is 2.24 bits per heavy atom. The summed E-state index contributed by atoms with van der Waals surface area (Å²) in [6.07, 6.45) is 4.69. The summed E-state index contributed by atoms with van der Waals surface area (Å²) in [7, 11) is 0. The predicted molar refractivity (Wildman–Crippen MR) is 58.3 cm³/mol. The van der Waals surface area contributed by atoms with E-state index in [1.165, 1.54) is 0 Å². The molecule has 0 aromatic rings. The molecule has 90 valence electrons. The Balaban J connectivity index is 1.99. The van der Waals surface area contributed by atoms with Gasteiger partial charge in [0.15, 0.2) is 0 Å². The lowest BCUT2D eigenvalue weighted by molar-refractivity contribution is -0.157. The minimum atomic E-state index is -0.835. The van der Waals surface area contributed by atoms with Crippen LogP contribution < -0.4 is 0 Å². The van der Waals surface area contributed by atoms with Crippen molar-refractivity contribution in [3.05, 3.63) is 23.9 Å². The van der Waals surface area contributed by atoms with Crippen molar-refractivity contribution in [2.24, 2.45) is 5.92 Å². The molecule has 0 aromatic carbocycles. The van der Waals surface area contributed by atoms with Crippen LogP contribution in [0, 0.1) is 17.2 Å². The summed E-state index contributed by atoms with van der Waals surface area (Å²) < 4.78 is 11.3. The number of hydrogen-bond acceptors (Lipinski definition) is 5. The molecule has 0 saturated carbocycles. The summed E-state index contributed by atoms with van der Waals surface area (Å²) in [5.74, 6) is -1.27. The second kappa shape index (κ2) is 3.57. The van der Waals surface area contributed by atoms with Gasteiger partial charge in [0.05, 0.1) is 19.3 Å². The molecule has 0 radical (unpaired) electrons. The average Bonchev–Trinajstić information content (AvgIpc) is 2.90. The first-order chi connectivity index (χ1) is 8.18. The first kappa shape index (κ1) is 10.8. The highest BCUT2D eigenvalue weighted by Crippen LogP contribution is 2.40. The molecule has 1 fully saturated rings. The Morgan fingerprint density at radius 3 is 2.88 bits per heavy atom. The van der Waals surface area contributed by atoms with E-state index in [2.05, 4.69) is 6.07 Å². The van der Waals surface area contributed by atoms with Gasteiger partial charge >= 0.3 is 0 Å². The molecule has 3 rings (SSSR count). The number of fused-ring (bicyclic) bond motifs is 2. The van der Waals surface area contributed by atoms with E-state index < -0.39 is 17.9 Å². The van der Waals surface area contributed by atoms with E-state index in [0.717, 1.165) is 5.57 Å². The zero-order chi connectivity index (χ0) is 12.0. The minimum Gasteiger partial charge on any atom is -0.372 e. The van der Waals surface area contributed by atoms with E-state index in [4.69, 9.17) is 14.7 Å². The second-order valence-electron chi connectivity index (χ2n) is 4.56. The second-order valence-corrected chi connectivity index (χ2v) is 4.56. The van der Waals surface area contributed by atoms with E-state index in [9.17, 15) is 5.11 Å². The third-order valence-corrected chi connectivity index (χ3v) is 3.61. The Labute approximate surface area is 99.5 Å². The van der Waals surface area contributed by atoms with Crippen LogP contribution in [-0.2, 0) is 9.47 Å². The lowest BCUT2D eigenvalue weighted by Crippen LogP contribution is -2.53. The Bertz CT molecular complexity index is 432. The van der Waals surface area contributed by atoms with Gasteiger partial charge in [-0.15, -0.1) is 0 Å². The molecule has 1 saturated heterocycles. The van der Waals surface area contributed by atoms with Gasteiger partial charge in [0, 0.05) is 6.20 Å². The standard InChI is InChI=1S/C12H14N2O3/c1-8-6-10-12(16-4-5-17-12)2-3-14(10)11(15)9(8)7-13/h2-3,6,9-11,15H,4-5H2,1H3/t9-,10+,11-/m1/s1. The van der Waals surface area contributed by atoms with Crippen LogP contribution in [0.2, 0.25) is 0 Å². The molecule has 1 N–H and O–H groups in total. The van der Waals surface area contributed by atoms with Crippen LogP contribution in [0.1, 0.15) is 6.92 Å². The number of ether oxygens (including phenoxy) is 2. The highest BCUT2D eigenvalue weighted by molar-refractivity contribution is 5.30. The van der Waals surface area contributed by atoms with Crippen molar-refractivity contribution in [2.75, 3.05) is 13.2 Å². The topological polar surface area (TPSA) is 65.7 Å². The highest BCUT2D eigenvalue weighted by atomic mass is 16.7. The van der Waals surface area contributed by atoms with Crippen LogP contribution in [0.4, 0.5) is 0 Å².